The third kappa shape index (κ3) is 2.36. The molecule has 0 amide bonds. The van der Waals surface area contributed by atoms with Crippen LogP contribution in [0.5, 0.6) is 0 Å². The molecule has 0 aliphatic heterocycles. The molecule has 0 bridgehead atoms. The molecule has 4 nitrogen and oxygen atoms in total. The molecule has 0 aliphatic rings. The Labute approximate surface area is 97.9 Å². The van der Waals surface area contributed by atoms with Gasteiger partial charge in [-0.3, -0.25) is 9.48 Å². The van der Waals surface area contributed by atoms with Crippen LogP contribution in [0.4, 0.5) is 0 Å². The van der Waals surface area contributed by atoms with Gasteiger partial charge in [0.2, 0.25) is 0 Å². The van der Waals surface area contributed by atoms with Gasteiger partial charge in [0, 0.05) is 19.7 Å². The number of thiazole rings is 1. The van der Waals surface area contributed by atoms with Crippen LogP contribution in [0.3, 0.4) is 0 Å². The Morgan fingerprint density at radius 3 is 2.94 bits per heavy atom. The SMILES string of the molecule is Cc1ncsc1C(=O)CCc1cnn(C)c1. The van der Waals surface area contributed by atoms with Crippen molar-refractivity contribution in [2.75, 3.05) is 0 Å². The maximum absolute atomic E-state index is 11.8. The highest BCUT2D eigenvalue weighted by atomic mass is 32.1. The molecular weight excluding hydrogens is 222 g/mol. The predicted octanol–water partition coefficient (Wildman–Crippen LogP) is 2.00. The van der Waals surface area contributed by atoms with Gasteiger partial charge in [-0.2, -0.15) is 5.10 Å². The highest BCUT2D eigenvalue weighted by Gasteiger charge is 2.11. The summed E-state index contributed by atoms with van der Waals surface area (Å²) in [5.74, 6) is 0.170. The van der Waals surface area contributed by atoms with Gasteiger partial charge < -0.3 is 0 Å². The van der Waals surface area contributed by atoms with Crippen molar-refractivity contribution in [2.45, 2.75) is 19.8 Å². The van der Waals surface area contributed by atoms with E-state index in [4.69, 9.17) is 0 Å². The maximum Gasteiger partial charge on any atom is 0.175 e. The Kier molecular flexibility index (Phi) is 3.14. The van der Waals surface area contributed by atoms with Gasteiger partial charge in [-0.15, -0.1) is 11.3 Å². The van der Waals surface area contributed by atoms with Gasteiger partial charge in [0.25, 0.3) is 0 Å². The fraction of sp³-hybridized carbons (Fsp3) is 0.364. The van der Waals surface area contributed by atoms with Crippen molar-refractivity contribution in [1.29, 1.82) is 0 Å². The Hall–Kier alpha value is -1.49. The van der Waals surface area contributed by atoms with Gasteiger partial charge in [-0.25, -0.2) is 4.98 Å². The smallest absolute Gasteiger partial charge is 0.175 e. The van der Waals surface area contributed by atoms with Crippen molar-refractivity contribution in [3.05, 3.63) is 34.0 Å². The van der Waals surface area contributed by atoms with Crippen LogP contribution in [-0.4, -0.2) is 20.5 Å². The van der Waals surface area contributed by atoms with Crippen molar-refractivity contribution in [1.82, 2.24) is 14.8 Å². The first-order valence-corrected chi connectivity index (χ1v) is 5.95. The summed E-state index contributed by atoms with van der Waals surface area (Å²) < 4.78 is 1.75. The number of ketones is 1. The first-order valence-electron chi connectivity index (χ1n) is 5.07. The van der Waals surface area contributed by atoms with E-state index in [2.05, 4.69) is 10.1 Å². The molecular formula is C11H13N3OS. The van der Waals surface area contributed by atoms with Gasteiger partial charge in [0.05, 0.1) is 22.3 Å². The Morgan fingerprint density at radius 2 is 2.38 bits per heavy atom. The minimum absolute atomic E-state index is 0.170. The number of carbonyl (C=O) groups excluding carboxylic acids is 1. The summed E-state index contributed by atoms with van der Waals surface area (Å²) in [5.41, 5.74) is 3.64. The van der Waals surface area contributed by atoms with Gasteiger partial charge >= 0.3 is 0 Å². The van der Waals surface area contributed by atoms with E-state index in [0.717, 1.165) is 22.6 Å². The van der Waals surface area contributed by atoms with Crippen LogP contribution in [0.15, 0.2) is 17.9 Å². The topological polar surface area (TPSA) is 47.8 Å². The molecule has 2 heterocycles. The van der Waals surface area contributed by atoms with Crippen LogP contribution < -0.4 is 0 Å². The molecule has 2 rings (SSSR count). The second-order valence-electron chi connectivity index (χ2n) is 3.71. The van der Waals surface area contributed by atoms with E-state index in [-0.39, 0.29) is 5.78 Å². The van der Waals surface area contributed by atoms with Gasteiger partial charge in [-0.05, 0) is 18.9 Å². The summed E-state index contributed by atoms with van der Waals surface area (Å²) in [6.45, 7) is 1.87. The van der Waals surface area contributed by atoms with E-state index in [1.54, 1.807) is 16.4 Å². The molecule has 0 aromatic carbocycles. The zero-order valence-electron chi connectivity index (χ0n) is 9.30. The van der Waals surface area contributed by atoms with Crippen LogP contribution in [0.1, 0.15) is 27.3 Å². The van der Waals surface area contributed by atoms with E-state index in [1.807, 2.05) is 20.2 Å². The van der Waals surface area contributed by atoms with Crippen molar-refractivity contribution < 1.29 is 4.79 Å². The molecule has 0 saturated heterocycles. The molecule has 2 aromatic rings. The molecule has 0 atom stereocenters. The standard InChI is InChI=1S/C11H13N3OS/c1-8-11(16-7-12-8)10(15)4-3-9-5-13-14(2)6-9/h5-7H,3-4H2,1-2H3. The number of carbonyl (C=O) groups is 1. The van der Waals surface area contributed by atoms with E-state index < -0.39 is 0 Å². The van der Waals surface area contributed by atoms with E-state index >= 15 is 0 Å². The number of hydrogen-bond acceptors (Lipinski definition) is 4. The predicted molar refractivity (Wildman–Crippen MR) is 62.7 cm³/mol. The van der Waals surface area contributed by atoms with E-state index in [0.29, 0.717) is 6.42 Å². The average Bonchev–Trinajstić information content (AvgIpc) is 2.84. The summed E-state index contributed by atoms with van der Waals surface area (Å²) in [6, 6.07) is 0. The fourth-order valence-electron chi connectivity index (χ4n) is 1.54. The molecule has 0 spiro atoms. The zero-order chi connectivity index (χ0) is 11.5. The quantitative estimate of drug-likeness (QED) is 0.761. The summed E-state index contributed by atoms with van der Waals surface area (Å²) in [6.07, 6.45) is 5.00. The molecule has 0 fully saturated rings. The summed E-state index contributed by atoms with van der Waals surface area (Å²) in [5, 5.41) is 4.07. The van der Waals surface area contributed by atoms with Gasteiger partial charge in [0.15, 0.2) is 5.78 Å². The highest BCUT2D eigenvalue weighted by molar-refractivity contribution is 7.11. The lowest BCUT2D eigenvalue weighted by molar-refractivity contribution is 0.0986. The van der Waals surface area contributed by atoms with Crippen molar-refractivity contribution in [2.24, 2.45) is 7.05 Å². The molecule has 0 radical (unpaired) electrons. The summed E-state index contributed by atoms with van der Waals surface area (Å²) in [7, 11) is 1.87. The number of hydrogen-bond donors (Lipinski definition) is 0. The molecule has 0 aliphatic carbocycles. The number of rotatable bonds is 4. The number of Topliss-reactive ketones (excluding diaryl/α,β-unsaturated/α-hetero) is 1. The average molecular weight is 235 g/mol. The first kappa shape index (κ1) is 11.0. The molecule has 84 valence electrons. The monoisotopic (exact) mass is 235 g/mol. The summed E-state index contributed by atoms with van der Waals surface area (Å²) >= 11 is 1.42. The third-order valence-corrected chi connectivity index (χ3v) is 3.37. The second-order valence-corrected chi connectivity index (χ2v) is 4.57. The minimum atomic E-state index is 0.170. The number of nitrogens with zero attached hydrogens (tertiary/aromatic N) is 3. The molecule has 16 heavy (non-hydrogen) atoms. The highest BCUT2D eigenvalue weighted by Crippen LogP contribution is 2.15. The molecule has 0 saturated carbocycles. The number of aryl methyl sites for hydroxylation is 3. The van der Waals surface area contributed by atoms with Gasteiger partial charge in [-0.1, -0.05) is 0 Å². The van der Waals surface area contributed by atoms with E-state index in [9.17, 15) is 4.79 Å². The first-order chi connectivity index (χ1) is 7.66. The molecule has 2 aromatic heterocycles. The number of aromatic nitrogens is 3. The van der Waals surface area contributed by atoms with Crippen LogP contribution in [0.25, 0.3) is 0 Å². The molecule has 0 unspecified atom stereocenters. The van der Waals surface area contributed by atoms with Crippen molar-refractivity contribution >= 4 is 17.1 Å². The van der Waals surface area contributed by atoms with Crippen LogP contribution in [0, 0.1) is 6.92 Å². The van der Waals surface area contributed by atoms with Gasteiger partial charge in [0.1, 0.15) is 0 Å². The van der Waals surface area contributed by atoms with Crippen molar-refractivity contribution in [3.8, 4) is 0 Å². The maximum atomic E-state index is 11.8. The lowest BCUT2D eigenvalue weighted by Gasteiger charge is -1.97. The lowest BCUT2D eigenvalue weighted by atomic mass is 10.1. The Balaban J connectivity index is 1.96. The van der Waals surface area contributed by atoms with E-state index in [1.165, 1.54) is 11.3 Å². The van der Waals surface area contributed by atoms with Crippen LogP contribution in [0.2, 0.25) is 0 Å². The molecule has 5 heteroatoms. The van der Waals surface area contributed by atoms with Crippen LogP contribution >= 0.6 is 11.3 Å². The summed E-state index contributed by atoms with van der Waals surface area (Å²) in [4.78, 5) is 16.7. The fourth-order valence-corrected chi connectivity index (χ4v) is 2.31. The molecule has 0 N–H and O–H groups in total. The third-order valence-electron chi connectivity index (χ3n) is 2.40. The minimum Gasteiger partial charge on any atom is -0.293 e. The Morgan fingerprint density at radius 1 is 1.56 bits per heavy atom. The Bertz CT molecular complexity index is 501. The second kappa shape index (κ2) is 4.57. The van der Waals surface area contributed by atoms with Crippen LogP contribution in [-0.2, 0) is 13.5 Å². The largest absolute Gasteiger partial charge is 0.293 e. The normalized spacial score (nSPS) is 10.6. The zero-order valence-corrected chi connectivity index (χ0v) is 10.1. The lowest BCUT2D eigenvalue weighted by Crippen LogP contribution is -2.00. The van der Waals surface area contributed by atoms with Crippen molar-refractivity contribution in [3.63, 3.8) is 0 Å².